The minimum atomic E-state index is -0.413. The highest BCUT2D eigenvalue weighted by molar-refractivity contribution is 6.30. The molecule has 1 nitrogen and oxygen atoms in total. The summed E-state index contributed by atoms with van der Waals surface area (Å²) < 4.78 is 0. The molecule has 0 unspecified atom stereocenters. The molecule has 0 N–H and O–H groups in total. The Morgan fingerprint density at radius 1 is 0.923 bits per heavy atom. The van der Waals surface area contributed by atoms with Crippen LogP contribution in [0.15, 0.2) is 77.9 Å². The maximum atomic E-state index is 14.1. The van der Waals surface area contributed by atoms with Crippen LogP contribution in [-0.2, 0) is 10.2 Å². The third kappa shape index (κ3) is 1.84. The van der Waals surface area contributed by atoms with Crippen LogP contribution >= 0.6 is 0 Å². The quantitative estimate of drug-likeness (QED) is 0.625. The number of Topliss-reactive ketones (excluding diaryl/α,β-unsaturated/α-hetero) is 1. The first kappa shape index (κ1) is 15.8. The Labute approximate surface area is 155 Å². The molecule has 1 saturated carbocycles. The molecule has 2 aromatic carbocycles. The molecule has 3 aliphatic rings. The van der Waals surface area contributed by atoms with Gasteiger partial charge in [-0.25, -0.2) is 0 Å². The first-order valence-corrected chi connectivity index (χ1v) is 9.74. The zero-order valence-corrected chi connectivity index (χ0v) is 15.3. The summed E-state index contributed by atoms with van der Waals surface area (Å²) in [5, 5.41) is 0. The van der Waals surface area contributed by atoms with Gasteiger partial charge in [-0.15, -0.1) is 0 Å². The van der Waals surface area contributed by atoms with Crippen molar-refractivity contribution in [2.75, 3.05) is 0 Å². The molecule has 0 heterocycles. The van der Waals surface area contributed by atoms with E-state index in [1.165, 1.54) is 23.1 Å². The van der Waals surface area contributed by atoms with Crippen LogP contribution in [-0.4, -0.2) is 5.78 Å². The van der Waals surface area contributed by atoms with Crippen LogP contribution < -0.4 is 0 Å². The second-order valence-electron chi connectivity index (χ2n) is 8.19. The molecule has 0 bridgehead atoms. The summed E-state index contributed by atoms with van der Waals surface area (Å²) in [4.78, 5) is 14.1. The molecule has 130 valence electrons. The van der Waals surface area contributed by atoms with Crippen molar-refractivity contribution in [1.29, 1.82) is 0 Å². The van der Waals surface area contributed by atoms with Crippen LogP contribution in [0.5, 0.6) is 0 Å². The van der Waals surface area contributed by atoms with E-state index >= 15 is 0 Å². The predicted octanol–water partition coefficient (Wildman–Crippen LogP) is 5.87. The maximum Gasteiger partial charge on any atom is 0.175 e. The SMILES string of the molecule is CC1=CC[C@@]23CCCC2=C(c2ccccc2)C(=O)[C@@]3(c2ccccc2)C1. The average Bonchev–Trinajstić information content (AvgIpc) is 3.18. The Morgan fingerprint density at radius 2 is 1.62 bits per heavy atom. The third-order valence-electron chi connectivity index (χ3n) is 7.01. The summed E-state index contributed by atoms with van der Waals surface area (Å²) in [6.45, 7) is 2.19. The molecule has 3 aliphatic carbocycles. The maximum absolute atomic E-state index is 14.1. The van der Waals surface area contributed by atoms with Crippen molar-refractivity contribution < 1.29 is 4.79 Å². The van der Waals surface area contributed by atoms with Gasteiger partial charge in [-0.2, -0.15) is 0 Å². The molecule has 0 radical (unpaired) electrons. The lowest BCUT2D eigenvalue weighted by molar-refractivity contribution is -0.121. The van der Waals surface area contributed by atoms with Gasteiger partial charge < -0.3 is 0 Å². The van der Waals surface area contributed by atoms with Gasteiger partial charge in [0.25, 0.3) is 0 Å². The molecule has 1 spiro atoms. The number of benzene rings is 2. The Bertz CT molecular complexity index is 935. The summed E-state index contributed by atoms with van der Waals surface area (Å²) >= 11 is 0. The molecule has 2 aromatic rings. The van der Waals surface area contributed by atoms with Gasteiger partial charge in [0, 0.05) is 11.0 Å². The van der Waals surface area contributed by atoms with Crippen LogP contribution in [0.1, 0.15) is 50.2 Å². The highest BCUT2D eigenvalue weighted by Crippen LogP contribution is 2.69. The number of carbonyl (C=O) groups is 1. The van der Waals surface area contributed by atoms with Gasteiger partial charge in [0.2, 0.25) is 0 Å². The zero-order chi connectivity index (χ0) is 17.8. The van der Waals surface area contributed by atoms with Gasteiger partial charge in [0.05, 0.1) is 5.41 Å². The van der Waals surface area contributed by atoms with E-state index < -0.39 is 5.41 Å². The Hall–Kier alpha value is -2.41. The summed E-state index contributed by atoms with van der Waals surface area (Å²) in [6, 6.07) is 21.0. The van der Waals surface area contributed by atoms with Crippen molar-refractivity contribution in [3.63, 3.8) is 0 Å². The highest BCUT2D eigenvalue weighted by Gasteiger charge is 2.66. The molecule has 2 atom stereocenters. The van der Waals surface area contributed by atoms with Crippen LogP contribution in [0.2, 0.25) is 0 Å². The van der Waals surface area contributed by atoms with Gasteiger partial charge in [0.1, 0.15) is 0 Å². The monoisotopic (exact) mass is 340 g/mol. The summed E-state index contributed by atoms with van der Waals surface area (Å²) in [5.74, 6) is 0.358. The smallest absolute Gasteiger partial charge is 0.175 e. The van der Waals surface area contributed by atoms with Crippen LogP contribution in [0.4, 0.5) is 0 Å². The van der Waals surface area contributed by atoms with E-state index in [0.29, 0.717) is 5.78 Å². The first-order chi connectivity index (χ1) is 12.7. The number of allylic oxidation sites excluding steroid dienone is 4. The average molecular weight is 340 g/mol. The minimum Gasteiger partial charge on any atom is -0.293 e. The molecule has 0 amide bonds. The van der Waals surface area contributed by atoms with E-state index in [-0.39, 0.29) is 5.41 Å². The van der Waals surface area contributed by atoms with Crippen molar-refractivity contribution in [3.8, 4) is 0 Å². The zero-order valence-electron chi connectivity index (χ0n) is 15.3. The van der Waals surface area contributed by atoms with Crippen molar-refractivity contribution in [1.82, 2.24) is 0 Å². The molecular formula is C25H24O. The lowest BCUT2D eigenvalue weighted by Gasteiger charge is -2.47. The fourth-order valence-corrected chi connectivity index (χ4v) is 5.99. The molecule has 1 heteroatoms. The van der Waals surface area contributed by atoms with E-state index in [1.807, 2.05) is 6.07 Å². The fraction of sp³-hybridized carbons (Fsp3) is 0.320. The van der Waals surface area contributed by atoms with E-state index in [9.17, 15) is 4.79 Å². The Morgan fingerprint density at radius 3 is 2.35 bits per heavy atom. The number of ketones is 1. The number of hydrogen-bond acceptors (Lipinski definition) is 1. The second kappa shape index (κ2) is 5.54. The van der Waals surface area contributed by atoms with E-state index in [2.05, 4.69) is 67.6 Å². The van der Waals surface area contributed by atoms with Crippen molar-refractivity contribution in [2.24, 2.45) is 5.41 Å². The normalized spacial score (nSPS) is 30.2. The van der Waals surface area contributed by atoms with E-state index in [1.54, 1.807) is 0 Å². The summed E-state index contributed by atoms with van der Waals surface area (Å²) in [5.41, 5.74) is 5.70. The van der Waals surface area contributed by atoms with Gasteiger partial charge >= 0.3 is 0 Å². The summed E-state index contributed by atoms with van der Waals surface area (Å²) in [7, 11) is 0. The third-order valence-corrected chi connectivity index (χ3v) is 7.01. The van der Waals surface area contributed by atoms with Crippen LogP contribution in [0.3, 0.4) is 0 Å². The van der Waals surface area contributed by atoms with E-state index in [4.69, 9.17) is 0 Å². The lowest BCUT2D eigenvalue weighted by atomic mass is 9.53. The van der Waals surface area contributed by atoms with Gasteiger partial charge in [-0.1, -0.05) is 77.9 Å². The molecular weight excluding hydrogens is 316 g/mol. The fourth-order valence-electron chi connectivity index (χ4n) is 5.99. The number of rotatable bonds is 2. The molecule has 0 saturated heterocycles. The predicted molar refractivity (Wildman–Crippen MR) is 106 cm³/mol. The first-order valence-electron chi connectivity index (χ1n) is 9.74. The van der Waals surface area contributed by atoms with Crippen LogP contribution in [0, 0.1) is 5.41 Å². The topological polar surface area (TPSA) is 17.1 Å². The Kier molecular flexibility index (Phi) is 3.37. The van der Waals surface area contributed by atoms with Crippen molar-refractivity contribution in [2.45, 2.75) is 44.4 Å². The van der Waals surface area contributed by atoms with Crippen LogP contribution in [0.25, 0.3) is 5.57 Å². The number of hydrogen-bond donors (Lipinski definition) is 0. The molecule has 1 fully saturated rings. The van der Waals surface area contributed by atoms with Crippen molar-refractivity contribution >= 4 is 11.4 Å². The highest BCUT2D eigenvalue weighted by atomic mass is 16.1. The van der Waals surface area contributed by atoms with Crippen molar-refractivity contribution in [3.05, 3.63) is 89.0 Å². The van der Waals surface area contributed by atoms with Gasteiger partial charge in [-0.3, -0.25) is 4.79 Å². The molecule has 0 aromatic heterocycles. The van der Waals surface area contributed by atoms with Gasteiger partial charge in [-0.05, 0) is 50.2 Å². The molecule has 26 heavy (non-hydrogen) atoms. The largest absolute Gasteiger partial charge is 0.293 e. The molecule has 5 rings (SSSR count). The Balaban J connectivity index is 1.81. The lowest BCUT2D eigenvalue weighted by Crippen LogP contribution is -2.48. The summed E-state index contributed by atoms with van der Waals surface area (Å²) in [6.07, 6.45) is 7.65. The minimum absolute atomic E-state index is 0.0177. The second-order valence-corrected chi connectivity index (χ2v) is 8.19. The van der Waals surface area contributed by atoms with Gasteiger partial charge in [0.15, 0.2) is 5.78 Å². The number of carbonyl (C=O) groups excluding carboxylic acids is 1. The standard InChI is InChI=1S/C25H24O/c1-18-14-16-24-15-8-13-21(24)22(19-9-4-2-5-10-19)23(26)25(24,17-18)20-11-6-3-7-12-20/h2-7,9-12,14H,8,13,15-17H2,1H3/t24-,25-/m0/s1. The van der Waals surface area contributed by atoms with E-state index in [0.717, 1.165) is 36.8 Å². The molecule has 0 aliphatic heterocycles.